The van der Waals surface area contributed by atoms with Crippen LogP contribution in [0.1, 0.15) is 51.2 Å². The second-order valence-corrected chi connectivity index (χ2v) is 8.69. The number of nitrogens with one attached hydrogen (secondary N) is 2. The smallest absolute Gasteiger partial charge is 0.255 e. The van der Waals surface area contributed by atoms with Crippen molar-refractivity contribution in [2.24, 2.45) is 5.92 Å². The van der Waals surface area contributed by atoms with Gasteiger partial charge < -0.3 is 15.5 Å². The fraction of sp³-hybridized carbons (Fsp3) is 0.250. The fourth-order valence-corrected chi connectivity index (χ4v) is 4.56. The van der Waals surface area contributed by atoms with Crippen molar-refractivity contribution in [1.29, 1.82) is 0 Å². The number of fused-ring (bicyclic) bond motifs is 1. The molecule has 0 bridgehead atoms. The zero-order valence-corrected chi connectivity index (χ0v) is 19.7. The number of hydrogen-bond acceptors (Lipinski definition) is 4. The summed E-state index contributed by atoms with van der Waals surface area (Å²) < 4.78 is 0. The molecule has 6 heteroatoms. The van der Waals surface area contributed by atoms with Gasteiger partial charge in [-0.25, -0.2) is 0 Å². The van der Waals surface area contributed by atoms with Crippen LogP contribution in [0.3, 0.4) is 0 Å². The molecule has 2 unspecified atom stereocenters. The van der Waals surface area contributed by atoms with Gasteiger partial charge in [-0.15, -0.1) is 0 Å². The van der Waals surface area contributed by atoms with E-state index in [0.717, 1.165) is 16.8 Å². The van der Waals surface area contributed by atoms with Gasteiger partial charge in [-0.05, 0) is 60.9 Å². The van der Waals surface area contributed by atoms with Crippen LogP contribution in [0.4, 0.5) is 11.4 Å². The maximum absolute atomic E-state index is 13.6. The van der Waals surface area contributed by atoms with E-state index in [-0.39, 0.29) is 23.6 Å². The molecule has 4 rings (SSSR count). The summed E-state index contributed by atoms with van der Waals surface area (Å²) in [6, 6.07) is 21.8. The Labute approximate surface area is 200 Å². The van der Waals surface area contributed by atoms with E-state index in [0.29, 0.717) is 29.8 Å². The van der Waals surface area contributed by atoms with Crippen molar-refractivity contribution in [3.63, 3.8) is 0 Å². The largest absolute Gasteiger partial charge is 0.385 e. The SMILES string of the molecule is CC(=O)N(C)C1c2ccccc2NCCC1C(=O)c1ccc(NC(=O)c2ccccc2C)cc1. The predicted octanol–water partition coefficient (Wildman–Crippen LogP) is 5.08. The van der Waals surface area contributed by atoms with E-state index < -0.39 is 5.92 Å². The zero-order valence-electron chi connectivity index (χ0n) is 19.7. The summed E-state index contributed by atoms with van der Waals surface area (Å²) in [6.07, 6.45) is 0.599. The summed E-state index contributed by atoms with van der Waals surface area (Å²) in [6.45, 7) is 4.06. The first-order valence-electron chi connectivity index (χ1n) is 11.4. The molecule has 2 atom stereocenters. The molecule has 6 nitrogen and oxygen atoms in total. The summed E-state index contributed by atoms with van der Waals surface area (Å²) in [7, 11) is 1.75. The lowest BCUT2D eigenvalue weighted by atomic mass is 9.84. The highest BCUT2D eigenvalue weighted by Gasteiger charge is 2.36. The van der Waals surface area contributed by atoms with Crippen LogP contribution in [0.2, 0.25) is 0 Å². The van der Waals surface area contributed by atoms with E-state index in [1.807, 2.05) is 49.4 Å². The third-order valence-electron chi connectivity index (χ3n) is 6.50. The van der Waals surface area contributed by atoms with Gasteiger partial charge in [0, 0.05) is 48.9 Å². The van der Waals surface area contributed by atoms with Crippen LogP contribution in [0.15, 0.2) is 72.8 Å². The molecule has 2 N–H and O–H groups in total. The molecule has 0 radical (unpaired) electrons. The minimum atomic E-state index is -0.391. The molecule has 0 aliphatic carbocycles. The van der Waals surface area contributed by atoms with Gasteiger partial charge in [0.1, 0.15) is 0 Å². The first kappa shape index (κ1) is 23.2. The summed E-state index contributed by atoms with van der Waals surface area (Å²) in [4.78, 5) is 40.2. The molecule has 1 heterocycles. The summed E-state index contributed by atoms with van der Waals surface area (Å²) in [5, 5.41) is 6.29. The van der Waals surface area contributed by atoms with Crippen LogP contribution >= 0.6 is 0 Å². The minimum Gasteiger partial charge on any atom is -0.385 e. The first-order chi connectivity index (χ1) is 16.4. The van der Waals surface area contributed by atoms with E-state index >= 15 is 0 Å². The maximum atomic E-state index is 13.6. The summed E-state index contributed by atoms with van der Waals surface area (Å²) in [5.41, 5.74) is 4.58. The zero-order chi connectivity index (χ0) is 24.2. The van der Waals surface area contributed by atoms with Gasteiger partial charge in [0.2, 0.25) is 5.91 Å². The van der Waals surface area contributed by atoms with Crippen molar-refractivity contribution in [1.82, 2.24) is 4.90 Å². The van der Waals surface area contributed by atoms with Crippen LogP contribution in [-0.4, -0.2) is 36.1 Å². The van der Waals surface area contributed by atoms with Crippen LogP contribution in [0.5, 0.6) is 0 Å². The van der Waals surface area contributed by atoms with Gasteiger partial charge in [0.25, 0.3) is 5.91 Å². The Hall–Kier alpha value is -3.93. The molecule has 0 fully saturated rings. The number of carbonyl (C=O) groups excluding carboxylic acids is 3. The number of hydrogen-bond donors (Lipinski definition) is 2. The van der Waals surface area contributed by atoms with E-state index in [9.17, 15) is 14.4 Å². The van der Waals surface area contributed by atoms with Gasteiger partial charge in [-0.1, -0.05) is 36.4 Å². The second kappa shape index (κ2) is 9.91. The Morgan fingerprint density at radius 3 is 2.32 bits per heavy atom. The first-order valence-corrected chi connectivity index (χ1v) is 11.4. The van der Waals surface area contributed by atoms with Crippen LogP contribution in [0.25, 0.3) is 0 Å². The standard InChI is InChI=1S/C28H29N3O3/c1-18-8-4-5-9-22(18)28(34)30-21-14-12-20(13-15-21)27(33)24-16-17-29-25-11-7-6-10-23(25)26(24)31(3)19(2)32/h4-15,24,26,29H,16-17H2,1-3H3,(H,30,34). The number of para-hydroxylation sites is 1. The highest BCUT2D eigenvalue weighted by Crippen LogP contribution is 2.39. The van der Waals surface area contributed by atoms with Crippen molar-refractivity contribution in [3.05, 3.63) is 95.1 Å². The predicted molar refractivity (Wildman–Crippen MR) is 134 cm³/mol. The van der Waals surface area contributed by atoms with Crippen molar-refractivity contribution >= 4 is 29.0 Å². The lowest BCUT2D eigenvalue weighted by Gasteiger charge is -2.33. The van der Waals surface area contributed by atoms with Gasteiger partial charge in [-0.3, -0.25) is 14.4 Å². The highest BCUT2D eigenvalue weighted by atomic mass is 16.2. The van der Waals surface area contributed by atoms with Crippen LogP contribution < -0.4 is 10.6 Å². The number of ketones is 1. The Kier molecular flexibility index (Phi) is 6.77. The normalized spacial score (nSPS) is 17.0. The number of benzene rings is 3. The number of nitrogens with zero attached hydrogens (tertiary/aromatic N) is 1. The highest BCUT2D eigenvalue weighted by molar-refractivity contribution is 6.05. The third-order valence-corrected chi connectivity index (χ3v) is 6.50. The number of aryl methyl sites for hydroxylation is 1. The Balaban J connectivity index is 1.58. The van der Waals surface area contributed by atoms with Gasteiger partial charge in [0.05, 0.1) is 6.04 Å². The molecule has 3 aromatic rings. The molecule has 0 aromatic heterocycles. The average molecular weight is 456 g/mol. The fourth-order valence-electron chi connectivity index (χ4n) is 4.56. The third kappa shape index (κ3) is 4.71. The summed E-state index contributed by atoms with van der Waals surface area (Å²) >= 11 is 0. The van der Waals surface area contributed by atoms with Crippen LogP contribution in [0, 0.1) is 12.8 Å². The number of rotatable bonds is 5. The number of Topliss-reactive ketones (excluding diaryl/α,β-unsaturated/α-hetero) is 1. The molecule has 2 amide bonds. The van der Waals surface area contributed by atoms with Crippen LogP contribution in [-0.2, 0) is 4.79 Å². The van der Waals surface area contributed by atoms with Crippen molar-refractivity contribution in [2.45, 2.75) is 26.3 Å². The molecule has 1 aliphatic rings. The van der Waals surface area contributed by atoms with E-state index in [4.69, 9.17) is 0 Å². The van der Waals surface area contributed by atoms with Crippen molar-refractivity contribution in [3.8, 4) is 0 Å². The average Bonchev–Trinajstić information content (AvgIpc) is 3.03. The summed E-state index contributed by atoms with van der Waals surface area (Å²) in [5.74, 6) is -0.689. The molecule has 0 spiro atoms. The van der Waals surface area contributed by atoms with Crippen molar-refractivity contribution < 1.29 is 14.4 Å². The quantitative estimate of drug-likeness (QED) is 0.526. The molecular formula is C28H29N3O3. The molecule has 0 saturated heterocycles. The van der Waals surface area contributed by atoms with E-state index in [1.54, 1.807) is 42.3 Å². The molecule has 0 saturated carbocycles. The molecular weight excluding hydrogens is 426 g/mol. The molecule has 34 heavy (non-hydrogen) atoms. The lowest BCUT2D eigenvalue weighted by Crippen LogP contribution is -2.37. The van der Waals surface area contributed by atoms with Gasteiger partial charge >= 0.3 is 0 Å². The molecule has 3 aromatic carbocycles. The van der Waals surface area contributed by atoms with E-state index in [1.165, 1.54) is 6.92 Å². The molecule has 174 valence electrons. The number of anilines is 2. The minimum absolute atomic E-state index is 0.0200. The van der Waals surface area contributed by atoms with Crippen molar-refractivity contribution in [2.75, 3.05) is 24.2 Å². The van der Waals surface area contributed by atoms with Gasteiger partial charge in [0.15, 0.2) is 5.78 Å². The lowest BCUT2D eigenvalue weighted by molar-refractivity contribution is -0.130. The number of carbonyl (C=O) groups is 3. The monoisotopic (exact) mass is 455 g/mol. The Bertz CT molecular complexity index is 1220. The second-order valence-electron chi connectivity index (χ2n) is 8.69. The Morgan fingerprint density at radius 1 is 0.941 bits per heavy atom. The van der Waals surface area contributed by atoms with Gasteiger partial charge in [-0.2, -0.15) is 0 Å². The molecule has 1 aliphatic heterocycles. The van der Waals surface area contributed by atoms with E-state index in [2.05, 4.69) is 10.6 Å². The Morgan fingerprint density at radius 2 is 1.62 bits per heavy atom. The topological polar surface area (TPSA) is 78.5 Å². The maximum Gasteiger partial charge on any atom is 0.255 e. The number of amides is 2.